The SMILES string of the molecule is O=S1(=O)CCc2nnc(N3CCN(Cc4ccccc4C(F)(F)F)CC3)cc2C1. The molecule has 10 heteroatoms. The fourth-order valence-electron chi connectivity index (χ4n) is 3.81. The van der Waals surface area contributed by atoms with E-state index in [1.54, 1.807) is 12.1 Å². The number of hydrogen-bond donors (Lipinski definition) is 0. The molecule has 0 spiro atoms. The number of aryl methyl sites for hydroxylation is 1. The average Bonchev–Trinajstić information content (AvgIpc) is 2.67. The molecule has 0 radical (unpaired) electrons. The van der Waals surface area contributed by atoms with Gasteiger partial charge in [-0.2, -0.15) is 18.3 Å². The monoisotopic (exact) mass is 426 g/mol. The van der Waals surface area contributed by atoms with E-state index in [1.165, 1.54) is 12.1 Å². The van der Waals surface area contributed by atoms with E-state index in [-0.39, 0.29) is 23.6 Å². The predicted molar refractivity (Wildman–Crippen MR) is 102 cm³/mol. The first-order valence-electron chi connectivity index (χ1n) is 9.39. The van der Waals surface area contributed by atoms with Crippen LogP contribution in [0, 0.1) is 0 Å². The van der Waals surface area contributed by atoms with E-state index < -0.39 is 21.6 Å². The molecule has 0 N–H and O–H groups in total. The van der Waals surface area contributed by atoms with Gasteiger partial charge in [0, 0.05) is 39.1 Å². The molecule has 0 aliphatic carbocycles. The molecule has 3 heterocycles. The molecule has 6 nitrogen and oxygen atoms in total. The van der Waals surface area contributed by atoms with E-state index in [9.17, 15) is 21.6 Å². The van der Waals surface area contributed by atoms with Crippen molar-refractivity contribution in [3.63, 3.8) is 0 Å². The number of benzene rings is 1. The van der Waals surface area contributed by atoms with Crippen molar-refractivity contribution >= 4 is 15.7 Å². The molecule has 0 saturated carbocycles. The summed E-state index contributed by atoms with van der Waals surface area (Å²) in [5, 5.41) is 8.42. The molecule has 0 atom stereocenters. The van der Waals surface area contributed by atoms with Crippen LogP contribution in [0.3, 0.4) is 0 Å². The number of aromatic nitrogens is 2. The maximum absolute atomic E-state index is 13.2. The zero-order valence-electron chi connectivity index (χ0n) is 15.7. The van der Waals surface area contributed by atoms with Crippen molar-refractivity contribution in [3.05, 3.63) is 52.7 Å². The smallest absolute Gasteiger partial charge is 0.353 e. The summed E-state index contributed by atoms with van der Waals surface area (Å²) in [6, 6.07) is 7.44. The number of nitrogens with zero attached hydrogens (tertiary/aromatic N) is 4. The third kappa shape index (κ3) is 4.53. The summed E-state index contributed by atoms with van der Waals surface area (Å²) in [7, 11) is -3.09. The van der Waals surface area contributed by atoms with Crippen LogP contribution in [-0.4, -0.2) is 55.4 Å². The van der Waals surface area contributed by atoms with Crippen molar-refractivity contribution in [1.82, 2.24) is 15.1 Å². The number of fused-ring (bicyclic) bond motifs is 1. The third-order valence-electron chi connectivity index (χ3n) is 5.39. The first kappa shape index (κ1) is 20.1. The number of sulfone groups is 1. The van der Waals surface area contributed by atoms with E-state index in [0.29, 0.717) is 44.0 Å². The molecule has 4 rings (SSSR count). The minimum absolute atomic E-state index is 0.0148. The number of rotatable bonds is 3. The van der Waals surface area contributed by atoms with E-state index in [1.807, 2.05) is 9.80 Å². The lowest BCUT2D eigenvalue weighted by molar-refractivity contribution is -0.138. The van der Waals surface area contributed by atoms with Crippen molar-refractivity contribution in [2.45, 2.75) is 24.9 Å². The Morgan fingerprint density at radius 1 is 1.03 bits per heavy atom. The van der Waals surface area contributed by atoms with Crippen LogP contribution >= 0.6 is 0 Å². The lowest BCUT2D eigenvalue weighted by atomic mass is 10.1. The van der Waals surface area contributed by atoms with Gasteiger partial charge in [-0.1, -0.05) is 18.2 Å². The van der Waals surface area contributed by atoms with E-state index in [2.05, 4.69) is 10.2 Å². The van der Waals surface area contributed by atoms with Gasteiger partial charge in [-0.25, -0.2) is 8.42 Å². The van der Waals surface area contributed by atoms with Crippen LogP contribution in [0.4, 0.5) is 19.0 Å². The molecule has 1 fully saturated rings. The number of hydrogen-bond acceptors (Lipinski definition) is 6. The highest BCUT2D eigenvalue weighted by Gasteiger charge is 2.33. The van der Waals surface area contributed by atoms with Gasteiger partial charge in [0.15, 0.2) is 15.7 Å². The van der Waals surface area contributed by atoms with Gasteiger partial charge in [0.2, 0.25) is 0 Å². The third-order valence-corrected chi connectivity index (χ3v) is 6.96. The Balaban J connectivity index is 1.42. The molecule has 0 unspecified atom stereocenters. The summed E-state index contributed by atoms with van der Waals surface area (Å²) in [6.45, 7) is 2.59. The molecule has 156 valence electrons. The fraction of sp³-hybridized carbons (Fsp3) is 0.474. The Morgan fingerprint density at radius 3 is 2.48 bits per heavy atom. The van der Waals surface area contributed by atoms with Crippen LogP contribution in [0.5, 0.6) is 0 Å². The molecule has 2 aliphatic heterocycles. The summed E-state index contributed by atoms with van der Waals surface area (Å²) in [6.07, 6.45) is -3.98. The lowest BCUT2D eigenvalue weighted by Crippen LogP contribution is -2.46. The molecule has 1 saturated heterocycles. The van der Waals surface area contributed by atoms with Crippen LogP contribution in [0.1, 0.15) is 22.4 Å². The molecule has 1 aromatic carbocycles. The zero-order valence-corrected chi connectivity index (χ0v) is 16.5. The summed E-state index contributed by atoms with van der Waals surface area (Å²) < 4.78 is 63.3. The first-order chi connectivity index (χ1) is 13.7. The highest BCUT2D eigenvalue weighted by atomic mass is 32.2. The van der Waals surface area contributed by atoms with Crippen molar-refractivity contribution < 1.29 is 21.6 Å². The number of anilines is 1. The second-order valence-corrected chi connectivity index (χ2v) is 9.62. The largest absolute Gasteiger partial charge is 0.416 e. The maximum Gasteiger partial charge on any atom is 0.416 e. The Bertz CT molecular complexity index is 1000. The molecule has 2 aliphatic rings. The minimum atomic E-state index is -4.36. The lowest BCUT2D eigenvalue weighted by Gasteiger charge is -2.35. The highest BCUT2D eigenvalue weighted by Crippen LogP contribution is 2.32. The standard InChI is InChI=1S/C19H21F3N4O2S/c20-19(21,22)16-4-2-1-3-14(16)12-25-6-8-26(9-7-25)18-11-15-13-29(27,28)10-5-17(15)23-24-18/h1-4,11H,5-10,12-13H2. The second kappa shape index (κ2) is 7.56. The minimum Gasteiger partial charge on any atom is -0.353 e. The van der Waals surface area contributed by atoms with Gasteiger partial charge in [0.1, 0.15) is 0 Å². The molecule has 2 aromatic rings. The molecule has 0 bridgehead atoms. The van der Waals surface area contributed by atoms with Crippen molar-refractivity contribution in [3.8, 4) is 0 Å². The van der Waals surface area contributed by atoms with E-state index in [4.69, 9.17) is 0 Å². The van der Waals surface area contributed by atoms with Gasteiger partial charge < -0.3 is 4.90 Å². The van der Waals surface area contributed by atoms with Crippen molar-refractivity contribution in [2.75, 3.05) is 36.8 Å². The van der Waals surface area contributed by atoms with Crippen molar-refractivity contribution in [2.24, 2.45) is 0 Å². The van der Waals surface area contributed by atoms with Gasteiger partial charge >= 0.3 is 6.18 Å². The number of alkyl halides is 3. The molecular formula is C19H21F3N4O2S. The first-order valence-corrected chi connectivity index (χ1v) is 11.2. The summed E-state index contributed by atoms with van der Waals surface area (Å²) >= 11 is 0. The normalized spacial score (nSPS) is 19.8. The zero-order chi connectivity index (χ0) is 20.6. The summed E-state index contributed by atoms with van der Waals surface area (Å²) in [5.41, 5.74) is 1.10. The molecule has 0 amide bonds. The van der Waals surface area contributed by atoms with Gasteiger partial charge in [-0.05, 0) is 23.3 Å². The van der Waals surface area contributed by atoms with E-state index >= 15 is 0 Å². The van der Waals surface area contributed by atoms with Gasteiger partial charge in [0.25, 0.3) is 0 Å². The summed E-state index contributed by atoms with van der Waals surface area (Å²) in [5.74, 6) is 0.710. The topological polar surface area (TPSA) is 66.4 Å². The van der Waals surface area contributed by atoms with Gasteiger partial charge in [0.05, 0.1) is 22.8 Å². The van der Waals surface area contributed by atoms with Crippen molar-refractivity contribution in [1.29, 1.82) is 0 Å². The van der Waals surface area contributed by atoms with Crippen LogP contribution in [0.15, 0.2) is 30.3 Å². The highest BCUT2D eigenvalue weighted by molar-refractivity contribution is 7.90. The van der Waals surface area contributed by atoms with Crippen LogP contribution in [0.2, 0.25) is 0 Å². The van der Waals surface area contributed by atoms with Gasteiger partial charge in [-0.15, -0.1) is 5.10 Å². The number of halogens is 3. The Kier molecular flexibility index (Phi) is 5.24. The fourth-order valence-corrected chi connectivity index (χ4v) is 5.18. The average molecular weight is 426 g/mol. The van der Waals surface area contributed by atoms with E-state index in [0.717, 1.165) is 11.8 Å². The Hall–Kier alpha value is -2.20. The quantitative estimate of drug-likeness (QED) is 0.750. The van der Waals surface area contributed by atoms with Crippen LogP contribution in [0.25, 0.3) is 0 Å². The molecule has 29 heavy (non-hydrogen) atoms. The molecule has 1 aromatic heterocycles. The van der Waals surface area contributed by atoms with Gasteiger partial charge in [-0.3, -0.25) is 4.90 Å². The number of piperazine rings is 1. The summed E-state index contributed by atoms with van der Waals surface area (Å²) in [4.78, 5) is 3.98. The maximum atomic E-state index is 13.2. The molecular weight excluding hydrogens is 405 g/mol. The Labute approximate surface area is 167 Å². The second-order valence-electron chi connectivity index (χ2n) is 7.43. The van der Waals surface area contributed by atoms with Crippen LogP contribution in [-0.2, 0) is 34.7 Å². The van der Waals surface area contributed by atoms with Crippen LogP contribution < -0.4 is 4.90 Å². The predicted octanol–water partition coefficient (Wildman–Crippen LogP) is 2.29. The Morgan fingerprint density at radius 2 is 1.76 bits per heavy atom.